The molecule has 0 spiro atoms. The van der Waals surface area contributed by atoms with Crippen molar-refractivity contribution in [2.75, 3.05) is 29.9 Å². The predicted octanol–water partition coefficient (Wildman–Crippen LogP) is 4.14. The molecule has 186 valence electrons. The minimum absolute atomic E-state index is 0.0106. The standard InChI is InChI=1S/C22H26F5N5O2/c23-18(24)12-32-9-7-16(30-32)21(33)29-15-5-6-17(34-14-3-4-14)19(22(25,26)27)20(15)31-8-1-2-13(10-28)11-31/h5-7,9,13-14,18H,1-4,8,10-12,28H2,(H,29,33)/t13-/m0/s1. The number of alkyl halides is 5. The Kier molecular flexibility index (Phi) is 6.96. The summed E-state index contributed by atoms with van der Waals surface area (Å²) in [6, 6.07) is 3.82. The number of rotatable bonds is 8. The van der Waals surface area contributed by atoms with Gasteiger partial charge < -0.3 is 20.7 Å². The molecule has 4 rings (SSSR count). The fourth-order valence-electron chi connectivity index (χ4n) is 4.11. The van der Waals surface area contributed by atoms with E-state index in [9.17, 15) is 26.7 Å². The van der Waals surface area contributed by atoms with Gasteiger partial charge in [0.2, 0.25) is 0 Å². The van der Waals surface area contributed by atoms with Crippen molar-refractivity contribution in [1.29, 1.82) is 0 Å². The number of hydrogen-bond acceptors (Lipinski definition) is 5. The summed E-state index contributed by atoms with van der Waals surface area (Å²) in [5, 5.41) is 6.30. The fraction of sp³-hybridized carbons (Fsp3) is 0.545. The van der Waals surface area contributed by atoms with E-state index in [0.717, 1.165) is 11.1 Å². The summed E-state index contributed by atoms with van der Waals surface area (Å²) in [4.78, 5) is 14.4. The van der Waals surface area contributed by atoms with E-state index >= 15 is 0 Å². The van der Waals surface area contributed by atoms with Crippen LogP contribution >= 0.6 is 0 Å². The molecule has 2 heterocycles. The number of ether oxygens (including phenoxy) is 1. The average molecular weight is 487 g/mol. The first-order chi connectivity index (χ1) is 16.2. The van der Waals surface area contributed by atoms with Crippen molar-refractivity contribution in [2.45, 2.75) is 50.9 Å². The molecule has 0 radical (unpaired) electrons. The van der Waals surface area contributed by atoms with E-state index in [1.807, 2.05) is 0 Å². The highest BCUT2D eigenvalue weighted by Gasteiger charge is 2.42. The van der Waals surface area contributed by atoms with Crippen molar-refractivity contribution < 1.29 is 31.5 Å². The number of nitrogens with zero attached hydrogens (tertiary/aromatic N) is 3. The molecule has 1 saturated heterocycles. The Morgan fingerprint density at radius 3 is 2.65 bits per heavy atom. The maximum atomic E-state index is 14.3. The molecule has 1 atom stereocenters. The molecule has 12 heteroatoms. The first kappa shape index (κ1) is 24.2. The molecule has 1 aromatic heterocycles. The number of amides is 1. The van der Waals surface area contributed by atoms with Crippen LogP contribution in [0.4, 0.5) is 33.3 Å². The molecule has 2 aromatic rings. The second-order valence-electron chi connectivity index (χ2n) is 8.61. The number of carbonyl (C=O) groups is 1. The van der Waals surface area contributed by atoms with Crippen LogP contribution in [-0.4, -0.2) is 47.9 Å². The summed E-state index contributed by atoms with van der Waals surface area (Å²) >= 11 is 0. The van der Waals surface area contributed by atoms with E-state index in [1.54, 1.807) is 4.90 Å². The van der Waals surface area contributed by atoms with Gasteiger partial charge in [-0.05, 0) is 56.3 Å². The Balaban J connectivity index is 1.72. The number of hydrogen-bond donors (Lipinski definition) is 2. The minimum Gasteiger partial charge on any atom is -0.490 e. The Morgan fingerprint density at radius 2 is 2.00 bits per heavy atom. The lowest BCUT2D eigenvalue weighted by Crippen LogP contribution is -2.40. The molecule has 1 saturated carbocycles. The number of halogens is 5. The van der Waals surface area contributed by atoms with Crippen LogP contribution in [0.15, 0.2) is 24.4 Å². The third kappa shape index (κ3) is 5.60. The van der Waals surface area contributed by atoms with Crippen molar-refractivity contribution in [3.05, 3.63) is 35.7 Å². The maximum absolute atomic E-state index is 14.3. The molecule has 0 bridgehead atoms. The smallest absolute Gasteiger partial charge is 0.422 e. The summed E-state index contributed by atoms with van der Waals surface area (Å²) in [5.41, 5.74) is 4.44. The van der Waals surface area contributed by atoms with Gasteiger partial charge in [-0.25, -0.2) is 8.78 Å². The van der Waals surface area contributed by atoms with Gasteiger partial charge in [-0.3, -0.25) is 9.48 Å². The Morgan fingerprint density at radius 1 is 1.24 bits per heavy atom. The third-order valence-corrected chi connectivity index (χ3v) is 5.86. The van der Waals surface area contributed by atoms with Crippen LogP contribution in [0.1, 0.15) is 41.7 Å². The molecule has 2 fully saturated rings. The monoisotopic (exact) mass is 487 g/mol. The lowest BCUT2D eigenvalue weighted by molar-refractivity contribution is -0.138. The maximum Gasteiger partial charge on any atom is 0.422 e. The van der Waals surface area contributed by atoms with Crippen molar-refractivity contribution in [3.8, 4) is 5.75 Å². The summed E-state index contributed by atoms with van der Waals surface area (Å²) in [7, 11) is 0. The first-order valence-corrected chi connectivity index (χ1v) is 11.1. The molecule has 1 amide bonds. The zero-order valence-electron chi connectivity index (χ0n) is 18.3. The number of nitrogens with one attached hydrogen (secondary N) is 1. The van der Waals surface area contributed by atoms with Crippen molar-refractivity contribution >= 4 is 17.3 Å². The average Bonchev–Trinajstić information content (AvgIpc) is 3.48. The van der Waals surface area contributed by atoms with Gasteiger partial charge >= 0.3 is 6.18 Å². The minimum atomic E-state index is -4.74. The molecule has 0 unspecified atom stereocenters. The van der Waals surface area contributed by atoms with Crippen molar-refractivity contribution in [3.63, 3.8) is 0 Å². The van der Waals surface area contributed by atoms with Gasteiger partial charge in [0.05, 0.1) is 17.5 Å². The van der Waals surface area contributed by atoms with Crippen LogP contribution in [0.25, 0.3) is 0 Å². The van der Waals surface area contributed by atoms with E-state index in [-0.39, 0.29) is 34.8 Å². The van der Waals surface area contributed by atoms with E-state index in [4.69, 9.17) is 10.5 Å². The molecule has 34 heavy (non-hydrogen) atoms. The van der Waals surface area contributed by atoms with Crippen LogP contribution in [0.2, 0.25) is 0 Å². The molecular weight excluding hydrogens is 461 g/mol. The molecule has 7 nitrogen and oxygen atoms in total. The topological polar surface area (TPSA) is 85.4 Å². The summed E-state index contributed by atoms with van der Waals surface area (Å²) in [5.74, 6) is -1.07. The summed E-state index contributed by atoms with van der Waals surface area (Å²) in [6.07, 6.45) is -3.62. The van der Waals surface area contributed by atoms with Gasteiger partial charge in [0, 0.05) is 19.3 Å². The summed E-state index contributed by atoms with van der Waals surface area (Å²) in [6.45, 7) is 0.300. The van der Waals surface area contributed by atoms with E-state index in [2.05, 4.69) is 10.4 Å². The Labute approximate surface area is 193 Å². The largest absolute Gasteiger partial charge is 0.490 e. The van der Waals surface area contributed by atoms with Gasteiger partial charge in [0.15, 0.2) is 5.69 Å². The zero-order chi connectivity index (χ0) is 24.5. The van der Waals surface area contributed by atoms with Crippen molar-refractivity contribution in [1.82, 2.24) is 9.78 Å². The number of anilines is 2. The first-order valence-electron chi connectivity index (χ1n) is 11.1. The summed E-state index contributed by atoms with van der Waals surface area (Å²) < 4.78 is 74.7. The van der Waals surface area contributed by atoms with Gasteiger partial charge in [-0.1, -0.05) is 0 Å². The number of piperidine rings is 1. The quantitative estimate of drug-likeness (QED) is 0.547. The highest BCUT2D eigenvalue weighted by molar-refractivity contribution is 6.05. The third-order valence-electron chi connectivity index (χ3n) is 5.86. The second kappa shape index (κ2) is 9.77. The number of aromatic nitrogens is 2. The molecule has 1 aromatic carbocycles. The normalized spacial score (nSPS) is 18.9. The SMILES string of the molecule is NC[C@@H]1CCCN(c2c(NC(=O)c3ccn(CC(F)F)n3)ccc(OC3CC3)c2C(F)(F)F)C1. The molecule has 1 aliphatic heterocycles. The fourth-order valence-corrected chi connectivity index (χ4v) is 4.11. The van der Waals surface area contributed by atoms with Crippen LogP contribution in [0.3, 0.4) is 0 Å². The van der Waals surface area contributed by atoms with Gasteiger partial charge in [0.25, 0.3) is 12.3 Å². The van der Waals surface area contributed by atoms with Crippen LogP contribution in [0, 0.1) is 5.92 Å². The molecule has 3 N–H and O–H groups in total. The van der Waals surface area contributed by atoms with E-state index in [0.29, 0.717) is 38.9 Å². The van der Waals surface area contributed by atoms with E-state index in [1.165, 1.54) is 24.4 Å². The molecule has 1 aliphatic carbocycles. The second-order valence-corrected chi connectivity index (χ2v) is 8.61. The number of nitrogens with two attached hydrogens (primary N) is 1. The van der Waals surface area contributed by atoms with Crippen molar-refractivity contribution in [2.24, 2.45) is 11.7 Å². The van der Waals surface area contributed by atoms with Gasteiger partial charge in [-0.2, -0.15) is 18.3 Å². The number of carbonyl (C=O) groups excluding carboxylic acids is 1. The highest BCUT2D eigenvalue weighted by atomic mass is 19.4. The zero-order valence-corrected chi connectivity index (χ0v) is 18.3. The lowest BCUT2D eigenvalue weighted by Gasteiger charge is -2.37. The van der Waals surface area contributed by atoms with Crippen LogP contribution in [-0.2, 0) is 12.7 Å². The molecule has 2 aliphatic rings. The molecular formula is C22H26F5N5O2. The lowest BCUT2D eigenvalue weighted by atomic mass is 9.96. The van der Waals surface area contributed by atoms with Crippen LogP contribution < -0.4 is 20.7 Å². The van der Waals surface area contributed by atoms with Gasteiger partial charge in [0.1, 0.15) is 17.9 Å². The van der Waals surface area contributed by atoms with E-state index < -0.39 is 30.6 Å². The number of benzene rings is 1. The highest BCUT2D eigenvalue weighted by Crippen LogP contribution is 2.48. The predicted molar refractivity (Wildman–Crippen MR) is 115 cm³/mol. The Hall–Kier alpha value is -2.89. The van der Waals surface area contributed by atoms with Gasteiger partial charge in [-0.15, -0.1) is 0 Å². The Bertz CT molecular complexity index is 1020. The van der Waals surface area contributed by atoms with Crippen LogP contribution in [0.5, 0.6) is 5.75 Å².